The fourth-order valence-electron chi connectivity index (χ4n) is 4.33. The first-order valence-electron chi connectivity index (χ1n) is 11.3. The van der Waals surface area contributed by atoms with Gasteiger partial charge in [-0.3, -0.25) is 9.89 Å². The first kappa shape index (κ1) is 21.7. The molecule has 1 N–H and O–H groups in total. The summed E-state index contributed by atoms with van der Waals surface area (Å²) in [5.41, 5.74) is 2.62. The summed E-state index contributed by atoms with van der Waals surface area (Å²) in [6, 6.07) is 19.1. The molecule has 0 aliphatic carbocycles. The van der Waals surface area contributed by atoms with Gasteiger partial charge in [-0.1, -0.05) is 42.5 Å². The number of morpholine rings is 1. The van der Waals surface area contributed by atoms with Crippen LogP contribution >= 0.6 is 0 Å². The van der Waals surface area contributed by atoms with E-state index in [9.17, 15) is 0 Å². The van der Waals surface area contributed by atoms with Crippen molar-refractivity contribution < 1.29 is 9.47 Å². The Kier molecular flexibility index (Phi) is 7.80. The van der Waals surface area contributed by atoms with Crippen molar-refractivity contribution >= 4 is 5.96 Å². The Bertz CT molecular complexity index is 836. The second-order valence-corrected chi connectivity index (χ2v) is 8.19. The number of guanidine groups is 1. The zero-order chi connectivity index (χ0) is 21.3. The molecule has 31 heavy (non-hydrogen) atoms. The Labute approximate surface area is 185 Å². The van der Waals surface area contributed by atoms with Crippen LogP contribution in [-0.4, -0.2) is 75.4 Å². The zero-order valence-corrected chi connectivity index (χ0v) is 18.5. The fourth-order valence-corrected chi connectivity index (χ4v) is 4.33. The molecule has 0 spiro atoms. The Balaban J connectivity index is 1.24. The largest absolute Gasteiger partial charge is 0.492 e. The number of benzene rings is 2. The average Bonchev–Trinajstić information content (AvgIpc) is 3.31. The normalized spacial score (nSPS) is 20.1. The molecule has 1 atom stereocenters. The number of nitrogens with one attached hydrogen (secondary N) is 1. The Hall–Kier alpha value is -2.57. The minimum absolute atomic E-state index is 0.572. The molecule has 1 unspecified atom stereocenters. The summed E-state index contributed by atoms with van der Waals surface area (Å²) in [4.78, 5) is 9.27. The molecule has 0 saturated carbocycles. The van der Waals surface area contributed by atoms with Gasteiger partial charge in [0, 0.05) is 52.2 Å². The summed E-state index contributed by atoms with van der Waals surface area (Å²) in [6.07, 6.45) is 1.16. The molecule has 6 heteroatoms. The predicted molar refractivity (Wildman–Crippen MR) is 125 cm³/mol. The van der Waals surface area contributed by atoms with E-state index in [-0.39, 0.29) is 0 Å². The maximum Gasteiger partial charge on any atom is 0.193 e. The Morgan fingerprint density at radius 1 is 1.10 bits per heavy atom. The number of hydrogen-bond acceptors (Lipinski definition) is 4. The van der Waals surface area contributed by atoms with Crippen LogP contribution in [0.25, 0.3) is 0 Å². The number of ether oxygens (including phenoxy) is 2. The number of nitrogens with zero attached hydrogens (tertiary/aromatic N) is 3. The van der Waals surface area contributed by atoms with E-state index in [0.717, 1.165) is 70.6 Å². The topological polar surface area (TPSA) is 49.3 Å². The molecule has 2 aromatic carbocycles. The van der Waals surface area contributed by atoms with Gasteiger partial charge in [-0.25, -0.2) is 0 Å². The lowest BCUT2D eigenvalue weighted by atomic mass is 9.99. The van der Waals surface area contributed by atoms with Crippen LogP contribution in [0.2, 0.25) is 0 Å². The van der Waals surface area contributed by atoms with Gasteiger partial charge in [-0.15, -0.1) is 0 Å². The summed E-state index contributed by atoms with van der Waals surface area (Å²) in [5.74, 6) is 2.47. The number of likely N-dealkylation sites (tertiary alicyclic amines) is 1. The number of aliphatic imine (C=N–C) groups is 1. The first-order chi connectivity index (χ1) is 15.3. The molecule has 2 heterocycles. The van der Waals surface area contributed by atoms with Gasteiger partial charge in [0.2, 0.25) is 0 Å². The summed E-state index contributed by atoms with van der Waals surface area (Å²) in [7, 11) is 1.86. The van der Waals surface area contributed by atoms with E-state index in [1.807, 2.05) is 13.1 Å². The van der Waals surface area contributed by atoms with Crippen LogP contribution in [0.4, 0.5) is 0 Å². The molecule has 0 aromatic heterocycles. The van der Waals surface area contributed by atoms with Crippen LogP contribution in [0, 0.1) is 0 Å². The van der Waals surface area contributed by atoms with Gasteiger partial charge >= 0.3 is 0 Å². The second kappa shape index (κ2) is 11.2. The van der Waals surface area contributed by atoms with Crippen molar-refractivity contribution in [2.75, 3.05) is 59.6 Å². The highest BCUT2D eigenvalue weighted by atomic mass is 16.5. The third-order valence-corrected chi connectivity index (χ3v) is 6.10. The zero-order valence-electron chi connectivity index (χ0n) is 18.5. The van der Waals surface area contributed by atoms with Crippen LogP contribution in [0.1, 0.15) is 23.5 Å². The molecule has 6 nitrogen and oxygen atoms in total. The molecule has 0 bridgehead atoms. The fraction of sp³-hybridized carbons (Fsp3) is 0.480. The van der Waals surface area contributed by atoms with E-state index in [1.165, 1.54) is 11.1 Å². The quantitative estimate of drug-likeness (QED) is 0.549. The summed E-state index contributed by atoms with van der Waals surface area (Å²) in [6.45, 7) is 8.06. The molecule has 166 valence electrons. The third-order valence-electron chi connectivity index (χ3n) is 6.10. The minimum Gasteiger partial charge on any atom is -0.492 e. The summed E-state index contributed by atoms with van der Waals surface area (Å²) < 4.78 is 11.4. The SMILES string of the molecule is CN=C(NCc1cccc(OCCN2CCOCC2)c1)N1CCC(c2ccccc2)C1. The highest BCUT2D eigenvalue weighted by Gasteiger charge is 2.25. The van der Waals surface area contributed by atoms with Gasteiger partial charge in [0.25, 0.3) is 0 Å². The standard InChI is InChI=1S/C25H34N4O2/c1-26-25(29-11-10-23(20-29)22-7-3-2-4-8-22)27-19-21-6-5-9-24(18-21)31-17-14-28-12-15-30-16-13-28/h2-9,18,23H,10-17,19-20H2,1H3,(H,26,27). The highest BCUT2D eigenvalue weighted by molar-refractivity contribution is 5.80. The average molecular weight is 423 g/mol. The van der Waals surface area contributed by atoms with Crippen molar-refractivity contribution in [2.24, 2.45) is 4.99 Å². The van der Waals surface area contributed by atoms with Gasteiger partial charge in [0.15, 0.2) is 5.96 Å². The van der Waals surface area contributed by atoms with Gasteiger partial charge in [-0.2, -0.15) is 0 Å². The van der Waals surface area contributed by atoms with Gasteiger partial charge in [0.05, 0.1) is 13.2 Å². The molecular weight excluding hydrogens is 388 g/mol. The van der Waals surface area contributed by atoms with Crippen LogP contribution in [0.5, 0.6) is 5.75 Å². The van der Waals surface area contributed by atoms with E-state index < -0.39 is 0 Å². The number of hydrogen-bond donors (Lipinski definition) is 1. The Morgan fingerprint density at radius 3 is 2.74 bits per heavy atom. The van der Waals surface area contributed by atoms with Gasteiger partial charge in [-0.05, 0) is 29.7 Å². The van der Waals surface area contributed by atoms with E-state index in [1.54, 1.807) is 0 Å². The molecule has 2 aliphatic heterocycles. The predicted octanol–water partition coefficient (Wildman–Crippen LogP) is 2.96. The maximum atomic E-state index is 5.99. The van der Waals surface area contributed by atoms with E-state index in [4.69, 9.17) is 9.47 Å². The van der Waals surface area contributed by atoms with Crippen LogP contribution in [0.15, 0.2) is 59.6 Å². The first-order valence-corrected chi connectivity index (χ1v) is 11.3. The van der Waals surface area contributed by atoms with Gasteiger partial charge < -0.3 is 19.7 Å². The minimum atomic E-state index is 0.572. The van der Waals surface area contributed by atoms with Crippen LogP contribution in [-0.2, 0) is 11.3 Å². The van der Waals surface area contributed by atoms with Crippen LogP contribution in [0.3, 0.4) is 0 Å². The lowest BCUT2D eigenvalue weighted by Crippen LogP contribution is -2.39. The Morgan fingerprint density at radius 2 is 1.94 bits per heavy atom. The van der Waals surface area contributed by atoms with E-state index >= 15 is 0 Å². The highest BCUT2D eigenvalue weighted by Crippen LogP contribution is 2.27. The molecule has 2 aliphatic rings. The smallest absolute Gasteiger partial charge is 0.193 e. The lowest BCUT2D eigenvalue weighted by molar-refractivity contribution is 0.0322. The van der Waals surface area contributed by atoms with Crippen LogP contribution < -0.4 is 10.1 Å². The molecular formula is C25H34N4O2. The molecule has 4 rings (SSSR count). The second-order valence-electron chi connectivity index (χ2n) is 8.19. The van der Waals surface area contributed by atoms with Crippen molar-refractivity contribution in [2.45, 2.75) is 18.9 Å². The molecule has 2 saturated heterocycles. The maximum absolute atomic E-state index is 5.99. The van der Waals surface area contributed by atoms with Crippen molar-refractivity contribution in [3.05, 3.63) is 65.7 Å². The summed E-state index contributed by atoms with van der Waals surface area (Å²) >= 11 is 0. The molecule has 2 aromatic rings. The van der Waals surface area contributed by atoms with Gasteiger partial charge in [0.1, 0.15) is 12.4 Å². The third kappa shape index (κ3) is 6.21. The molecule has 0 radical (unpaired) electrons. The molecule has 0 amide bonds. The molecule has 2 fully saturated rings. The van der Waals surface area contributed by atoms with Crippen molar-refractivity contribution in [1.82, 2.24) is 15.1 Å². The van der Waals surface area contributed by atoms with Crippen molar-refractivity contribution in [3.63, 3.8) is 0 Å². The monoisotopic (exact) mass is 422 g/mol. The van der Waals surface area contributed by atoms with E-state index in [0.29, 0.717) is 12.5 Å². The lowest BCUT2D eigenvalue weighted by Gasteiger charge is -2.26. The van der Waals surface area contributed by atoms with Crippen molar-refractivity contribution in [3.8, 4) is 5.75 Å². The van der Waals surface area contributed by atoms with E-state index in [2.05, 4.69) is 68.6 Å². The number of rotatable bonds is 7. The summed E-state index contributed by atoms with van der Waals surface area (Å²) in [5, 5.41) is 3.53. The van der Waals surface area contributed by atoms with Crippen molar-refractivity contribution in [1.29, 1.82) is 0 Å².